The number of carbonyl (C=O) groups excluding carboxylic acids is 1. The van der Waals surface area contributed by atoms with Crippen molar-refractivity contribution in [3.8, 4) is 11.1 Å². The van der Waals surface area contributed by atoms with Gasteiger partial charge in [-0.1, -0.05) is 48.0 Å². The van der Waals surface area contributed by atoms with Gasteiger partial charge >= 0.3 is 5.97 Å². The van der Waals surface area contributed by atoms with Crippen molar-refractivity contribution in [3.63, 3.8) is 0 Å². The molecule has 1 saturated heterocycles. The van der Waals surface area contributed by atoms with Gasteiger partial charge in [0.05, 0.1) is 30.4 Å². The highest BCUT2D eigenvalue weighted by Crippen LogP contribution is 2.41. The third kappa shape index (κ3) is 6.29. The number of nitrogens with two attached hydrogens (primary N) is 1. The van der Waals surface area contributed by atoms with Crippen molar-refractivity contribution in [1.82, 2.24) is 14.5 Å². The van der Waals surface area contributed by atoms with Gasteiger partial charge in [0.2, 0.25) is 0 Å². The number of carbonyl (C=O) groups is 1. The Hall–Kier alpha value is -2.94. The van der Waals surface area contributed by atoms with Gasteiger partial charge in [-0.25, -0.2) is 4.79 Å². The number of ether oxygens (including phenoxy) is 2. The Kier molecular flexibility index (Phi) is 9.31. The van der Waals surface area contributed by atoms with Crippen LogP contribution in [0.4, 0.5) is 5.69 Å². The molecule has 0 unspecified atom stereocenters. The molecule has 7 nitrogen and oxygen atoms in total. The van der Waals surface area contributed by atoms with E-state index in [2.05, 4.69) is 23.0 Å². The molecule has 0 amide bonds. The summed E-state index contributed by atoms with van der Waals surface area (Å²) in [5.41, 5.74) is 12.4. The van der Waals surface area contributed by atoms with Crippen molar-refractivity contribution in [2.75, 3.05) is 45.7 Å². The highest BCUT2D eigenvalue weighted by atomic mass is 35.5. The number of H-pyrrole nitrogens is 1. The van der Waals surface area contributed by atoms with Crippen LogP contribution in [-0.4, -0.2) is 60.4 Å². The zero-order valence-electron chi connectivity index (χ0n) is 22.0. The van der Waals surface area contributed by atoms with E-state index < -0.39 is 5.97 Å². The minimum Gasteiger partial charge on any atom is -0.464 e. The maximum Gasteiger partial charge on any atom is 0.355 e. The van der Waals surface area contributed by atoms with Crippen LogP contribution in [-0.2, 0) is 16.0 Å². The molecular weight excluding hydrogens is 559 g/mol. The van der Waals surface area contributed by atoms with Crippen molar-refractivity contribution in [1.29, 1.82) is 0 Å². The van der Waals surface area contributed by atoms with Gasteiger partial charge in [-0.05, 0) is 42.3 Å². The summed E-state index contributed by atoms with van der Waals surface area (Å²) in [6, 6.07) is 3.29. The van der Waals surface area contributed by atoms with Gasteiger partial charge in [0.1, 0.15) is 5.69 Å². The Morgan fingerprint density at radius 2 is 1.87 bits per heavy atom. The Labute approximate surface area is 243 Å². The summed E-state index contributed by atoms with van der Waals surface area (Å²) >= 11 is 18.5. The standard InChI is InChI=1S/C29H31Cl3N4O3/c1-17(30)5-6-26-19(3)21(15-34-26)27-22(18(2)20-13-23(31)24(32)14-25(20)33)16-36(28(27)29(37)38-4)8-7-35-9-11-39-12-10-35/h5-6,13-16,34H,1-2,7-12,33H2,3-4H3/b6-5-. The number of nitrogens with zero attached hydrogens (tertiary/aromatic N) is 2. The number of aromatic amines is 1. The molecule has 1 aliphatic heterocycles. The minimum absolute atomic E-state index is 0.350. The summed E-state index contributed by atoms with van der Waals surface area (Å²) in [6.45, 7) is 14.4. The zero-order chi connectivity index (χ0) is 28.3. The lowest BCUT2D eigenvalue weighted by atomic mass is 9.92. The second-order valence-corrected chi connectivity index (χ2v) is 10.6. The second kappa shape index (κ2) is 12.5. The van der Waals surface area contributed by atoms with E-state index in [0.717, 1.165) is 42.0 Å². The number of methoxy groups -OCH3 is 1. The first-order valence-corrected chi connectivity index (χ1v) is 13.5. The van der Waals surface area contributed by atoms with Crippen LogP contribution in [0.3, 0.4) is 0 Å². The molecule has 3 N–H and O–H groups in total. The van der Waals surface area contributed by atoms with E-state index in [1.54, 1.807) is 18.2 Å². The first-order chi connectivity index (χ1) is 18.6. The third-order valence-electron chi connectivity index (χ3n) is 6.84. The van der Waals surface area contributed by atoms with Crippen LogP contribution >= 0.6 is 34.8 Å². The van der Waals surface area contributed by atoms with Crippen LogP contribution in [0.5, 0.6) is 0 Å². The molecule has 206 valence electrons. The molecule has 10 heteroatoms. The topological polar surface area (TPSA) is 85.5 Å². The van der Waals surface area contributed by atoms with Gasteiger partial charge in [0, 0.05) is 77.2 Å². The lowest BCUT2D eigenvalue weighted by Gasteiger charge is -2.26. The van der Waals surface area contributed by atoms with E-state index in [9.17, 15) is 4.79 Å². The first kappa shape index (κ1) is 29.1. The van der Waals surface area contributed by atoms with Gasteiger partial charge in [-0.2, -0.15) is 0 Å². The number of nitrogens with one attached hydrogen (secondary N) is 1. The number of halogens is 3. The minimum atomic E-state index is -0.458. The van der Waals surface area contributed by atoms with Gasteiger partial charge in [-0.3, -0.25) is 4.90 Å². The van der Waals surface area contributed by atoms with E-state index in [0.29, 0.717) is 62.9 Å². The van der Waals surface area contributed by atoms with E-state index in [1.807, 2.05) is 30.0 Å². The Bertz CT molecular complexity index is 1450. The summed E-state index contributed by atoms with van der Waals surface area (Å²) in [6.07, 6.45) is 7.33. The van der Waals surface area contributed by atoms with Crippen molar-refractivity contribution in [3.05, 3.63) is 86.9 Å². The number of morpholine rings is 1. The predicted octanol–water partition coefficient (Wildman–Crippen LogP) is 6.63. The summed E-state index contributed by atoms with van der Waals surface area (Å²) in [4.78, 5) is 18.9. The van der Waals surface area contributed by atoms with Crippen molar-refractivity contribution < 1.29 is 14.3 Å². The van der Waals surface area contributed by atoms with Gasteiger partial charge in [-0.15, -0.1) is 0 Å². The summed E-state index contributed by atoms with van der Waals surface area (Å²) in [5.74, 6) is -0.458. The first-order valence-electron chi connectivity index (χ1n) is 12.4. The van der Waals surface area contributed by atoms with Crippen molar-refractivity contribution in [2.45, 2.75) is 13.5 Å². The van der Waals surface area contributed by atoms with Crippen LogP contribution in [0.1, 0.15) is 32.9 Å². The van der Waals surface area contributed by atoms with Gasteiger partial charge in [0.15, 0.2) is 0 Å². The normalized spacial score (nSPS) is 14.2. The summed E-state index contributed by atoms with van der Waals surface area (Å²) in [7, 11) is 1.38. The van der Waals surface area contributed by atoms with Gasteiger partial charge in [0.25, 0.3) is 0 Å². The molecule has 0 radical (unpaired) electrons. The average Bonchev–Trinajstić information content (AvgIpc) is 3.47. The van der Waals surface area contributed by atoms with Crippen LogP contribution in [0.15, 0.2) is 48.8 Å². The molecule has 2 aromatic heterocycles. The number of rotatable bonds is 9. The SMILES string of the molecule is C=C(Cl)/C=C\c1[nH]cc(-c2c(C(=C)c3cc(Cl)c(Cl)cc3N)cn(CCN3CCOCC3)c2C(=O)OC)c1C. The molecule has 4 rings (SSSR count). The molecule has 0 atom stereocenters. The summed E-state index contributed by atoms with van der Waals surface area (Å²) in [5, 5.41) is 1.11. The molecule has 39 heavy (non-hydrogen) atoms. The Balaban J connectivity index is 1.90. The number of anilines is 1. The zero-order valence-corrected chi connectivity index (χ0v) is 24.2. The van der Waals surface area contributed by atoms with Gasteiger partial charge < -0.3 is 24.8 Å². The molecule has 0 saturated carbocycles. The highest BCUT2D eigenvalue weighted by molar-refractivity contribution is 6.42. The number of allylic oxidation sites excluding steroid dienone is 2. The maximum absolute atomic E-state index is 13.3. The number of benzene rings is 1. The lowest BCUT2D eigenvalue weighted by Crippen LogP contribution is -2.38. The number of hydrogen-bond acceptors (Lipinski definition) is 5. The Morgan fingerprint density at radius 1 is 1.18 bits per heavy atom. The van der Waals surface area contributed by atoms with E-state index in [-0.39, 0.29) is 0 Å². The molecule has 1 aromatic carbocycles. The molecule has 3 heterocycles. The van der Waals surface area contributed by atoms with Crippen LogP contribution < -0.4 is 5.73 Å². The molecule has 3 aromatic rings. The molecule has 0 aliphatic carbocycles. The quantitative estimate of drug-likeness (QED) is 0.166. The molecule has 1 aliphatic rings. The average molecular weight is 590 g/mol. The van der Waals surface area contributed by atoms with Crippen LogP contribution in [0.2, 0.25) is 10.0 Å². The van der Waals surface area contributed by atoms with E-state index >= 15 is 0 Å². The van der Waals surface area contributed by atoms with Crippen molar-refractivity contribution >= 4 is 58.1 Å². The highest BCUT2D eigenvalue weighted by Gasteiger charge is 2.28. The number of aromatic nitrogens is 2. The maximum atomic E-state index is 13.3. The molecular formula is C29H31Cl3N4O3. The predicted molar refractivity (Wildman–Crippen MR) is 161 cm³/mol. The monoisotopic (exact) mass is 588 g/mol. The molecule has 0 spiro atoms. The number of nitrogen functional groups attached to an aromatic ring is 1. The summed E-state index contributed by atoms with van der Waals surface area (Å²) < 4.78 is 12.7. The fourth-order valence-corrected chi connectivity index (χ4v) is 5.11. The van der Waals surface area contributed by atoms with Crippen LogP contribution in [0.25, 0.3) is 22.8 Å². The molecule has 0 bridgehead atoms. The van der Waals surface area contributed by atoms with Crippen LogP contribution in [0, 0.1) is 6.92 Å². The largest absolute Gasteiger partial charge is 0.464 e. The van der Waals surface area contributed by atoms with Crippen molar-refractivity contribution in [2.24, 2.45) is 0 Å². The number of esters is 1. The smallest absolute Gasteiger partial charge is 0.355 e. The lowest BCUT2D eigenvalue weighted by molar-refractivity contribution is 0.0360. The molecule has 1 fully saturated rings. The van der Waals surface area contributed by atoms with E-state index in [4.69, 9.17) is 50.0 Å². The van der Waals surface area contributed by atoms with E-state index in [1.165, 1.54) is 7.11 Å². The fourth-order valence-electron chi connectivity index (χ4n) is 4.71. The second-order valence-electron chi connectivity index (χ2n) is 9.26. The Morgan fingerprint density at radius 3 is 2.54 bits per heavy atom. The third-order valence-corrected chi connectivity index (χ3v) is 7.69. The fraction of sp³-hybridized carbons (Fsp3) is 0.276. The number of hydrogen-bond donors (Lipinski definition) is 2.